The fourth-order valence-electron chi connectivity index (χ4n) is 1.87. The second-order valence-electron chi connectivity index (χ2n) is 4.18. The Kier molecular flexibility index (Phi) is 5.16. The van der Waals surface area contributed by atoms with Crippen molar-refractivity contribution in [2.45, 2.75) is 6.54 Å². The minimum absolute atomic E-state index is 0.201. The van der Waals surface area contributed by atoms with Crippen molar-refractivity contribution in [1.82, 2.24) is 5.32 Å². The van der Waals surface area contributed by atoms with Gasteiger partial charge < -0.3 is 5.32 Å². The van der Waals surface area contributed by atoms with E-state index in [0.717, 1.165) is 0 Å². The summed E-state index contributed by atoms with van der Waals surface area (Å²) in [5, 5.41) is 3.89. The average molecular weight is 353 g/mol. The lowest BCUT2D eigenvalue weighted by Crippen LogP contribution is -2.06. The third kappa shape index (κ3) is 3.05. The van der Waals surface area contributed by atoms with Crippen molar-refractivity contribution in [3.8, 4) is 11.1 Å². The molecule has 0 aliphatic heterocycles. The molecule has 0 amide bonds. The summed E-state index contributed by atoms with van der Waals surface area (Å²) in [6.07, 6.45) is 0. The molecule has 1 N–H and O–H groups in total. The molecule has 0 bridgehead atoms. The number of benzene rings is 2. The van der Waals surface area contributed by atoms with Crippen LogP contribution in [-0.4, -0.2) is 7.05 Å². The molecule has 6 heteroatoms. The Morgan fingerprint density at radius 2 is 1.70 bits per heavy atom. The first kappa shape index (κ1) is 15.9. The van der Waals surface area contributed by atoms with Crippen molar-refractivity contribution in [3.05, 3.63) is 55.7 Å². The van der Waals surface area contributed by atoms with Gasteiger partial charge in [-0.3, -0.25) is 0 Å². The van der Waals surface area contributed by atoms with E-state index in [1.54, 1.807) is 19.2 Å². The zero-order chi connectivity index (χ0) is 14.9. The summed E-state index contributed by atoms with van der Waals surface area (Å²) >= 11 is 24.2. The third-order valence-electron chi connectivity index (χ3n) is 2.82. The predicted octanol–water partition coefficient (Wildman–Crippen LogP) is 5.83. The van der Waals surface area contributed by atoms with Crippen LogP contribution in [-0.2, 0) is 6.54 Å². The van der Waals surface area contributed by atoms with Crippen molar-refractivity contribution in [2.75, 3.05) is 7.05 Å². The fourth-order valence-corrected chi connectivity index (χ4v) is 3.00. The molecule has 0 spiro atoms. The molecule has 0 unspecified atom stereocenters. The van der Waals surface area contributed by atoms with Crippen LogP contribution in [0, 0.1) is 5.82 Å². The van der Waals surface area contributed by atoms with E-state index in [2.05, 4.69) is 5.32 Å². The van der Waals surface area contributed by atoms with Crippen LogP contribution in [0.5, 0.6) is 0 Å². The number of halogens is 5. The zero-order valence-electron chi connectivity index (χ0n) is 10.4. The molecule has 0 saturated heterocycles. The Labute approximate surface area is 136 Å². The Balaban J connectivity index is 2.58. The lowest BCUT2D eigenvalue weighted by Gasteiger charge is -2.12. The molecule has 0 aliphatic carbocycles. The van der Waals surface area contributed by atoms with Crippen molar-refractivity contribution in [1.29, 1.82) is 0 Å². The van der Waals surface area contributed by atoms with E-state index in [-0.39, 0.29) is 20.9 Å². The molecule has 20 heavy (non-hydrogen) atoms. The van der Waals surface area contributed by atoms with Crippen molar-refractivity contribution in [2.24, 2.45) is 0 Å². The molecule has 0 atom stereocenters. The van der Waals surface area contributed by atoms with E-state index in [1.807, 2.05) is 0 Å². The summed E-state index contributed by atoms with van der Waals surface area (Å²) in [7, 11) is 1.75. The summed E-state index contributed by atoms with van der Waals surface area (Å²) in [5.74, 6) is -0.338. The third-order valence-corrected chi connectivity index (χ3v) is 4.38. The number of hydrogen-bond donors (Lipinski definition) is 1. The maximum Gasteiger partial charge on any atom is 0.128 e. The highest BCUT2D eigenvalue weighted by atomic mass is 35.5. The Morgan fingerprint density at radius 3 is 2.30 bits per heavy atom. The molecule has 2 aromatic rings. The standard InChI is InChI=1S/C14H10Cl4FN/c1-20-6-8-3-2-7(4-11(8)19)12-9(15)5-10(16)13(17)14(12)18/h2-5,20H,6H2,1H3. The largest absolute Gasteiger partial charge is 0.316 e. The molecule has 2 aromatic carbocycles. The van der Waals surface area contributed by atoms with E-state index in [0.29, 0.717) is 28.3 Å². The number of nitrogens with one attached hydrogen (secondary N) is 1. The number of rotatable bonds is 3. The predicted molar refractivity (Wildman–Crippen MR) is 84.6 cm³/mol. The van der Waals surface area contributed by atoms with Gasteiger partial charge in [0.05, 0.1) is 20.1 Å². The molecule has 2 rings (SSSR count). The zero-order valence-corrected chi connectivity index (χ0v) is 13.4. The van der Waals surface area contributed by atoms with Gasteiger partial charge in [0.2, 0.25) is 0 Å². The molecule has 1 nitrogen and oxygen atoms in total. The minimum atomic E-state index is -0.338. The van der Waals surface area contributed by atoms with Gasteiger partial charge in [-0.05, 0) is 24.7 Å². The summed E-state index contributed by atoms with van der Waals surface area (Å²) < 4.78 is 14.0. The van der Waals surface area contributed by atoms with Gasteiger partial charge in [0.15, 0.2) is 0 Å². The molecule has 0 aromatic heterocycles. The van der Waals surface area contributed by atoms with Gasteiger partial charge in [0.25, 0.3) is 0 Å². The van der Waals surface area contributed by atoms with Gasteiger partial charge in [0.1, 0.15) is 5.82 Å². The lowest BCUT2D eigenvalue weighted by molar-refractivity contribution is 0.601. The quantitative estimate of drug-likeness (QED) is 0.541. The Hall–Kier alpha value is -0.510. The SMILES string of the molecule is CNCc1ccc(-c2c(Cl)cc(Cl)c(Cl)c2Cl)cc1F. The van der Waals surface area contributed by atoms with E-state index in [4.69, 9.17) is 46.4 Å². The van der Waals surface area contributed by atoms with Crippen LogP contribution in [0.15, 0.2) is 24.3 Å². The molecule has 106 valence electrons. The van der Waals surface area contributed by atoms with Crippen molar-refractivity contribution in [3.63, 3.8) is 0 Å². The van der Waals surface area contributed by atoms with E-state index in [1.165, 1.54) is 12.1 Å². The van der Waals surface area contributed by atoms with Crippen molar-refractivity contribution < 1.29 is 4.39 Å². The Morgan fingerprint density at radius 1 is 1.00 bits per heavy atom. The van der Waals surface area contributed by atoms with Gasteiger partial charge in [-0.2, -0.15) is 0 Å². The maximum absolute atomic E-state index is 14.0. The van der Waals surface area contributed by atoms with Gasteiger partial charge in [-0.15, -0.1) is 0 Å². The summed E-state index contributed by atoms with van der Waals surface area (Å²) in [4.78, 5) is 0. The van der Waals surface area contributed by atoms with Crippen LogP contribution in [0.4, 0.5) is 4.39 Å². The van der Waals surface area contributed by atoms with E-state index < -0.39 is 0 Å². The van der Waals surface area contributed by atoms with Crippen molar-refractivity contribution >= 4 is 46.4 Å². The van der Waals surface area contributed by atoms with Gasteiger partial charge in [-0.1, -0.05) is 58.5 Å². The lowest BCUT2D eigenvalue weighted by atomic mass is 10.0. The van der Waals surface area contributed by atoms with Crippen LogP contribution >= 0.6 is 46.4 Å². The molecule has 0 radical (unpaired) electrons. The summed E-state index contributed by atoms with van der Waals surface area (Å²) in [5.41, 5.74) is 1.58. The smallest absolute Gasteiger partial charge is 0.128 e. The van der Waals surface area contributed by atoms with Crippen LogP contribution in [0.1, 0.15) is 5.56 Å². The Bertz CT molecular complexity index is 658. The summed E-state index contributed by atoms with van der Waals surface area (Å²) in [6.45, 7) is 0.439. The second kappa shape index (κ2) is 6.50. The molecular weight excluding hydrogens is 343 g/mol. The van der Waals surface area contributed by atoms with E-state index >= 15 is 0 Å². The number of hydrogen-bond acceptors (Lipinski definition) is 1. The second-order valence-corrected chi connectivity index (χ2v) is 5.75. The van der Waals surface area contributed by atoms with Gasteiger partial charge in [0, 0.05) is 17.7 Å². The molecular formula is C14H10Cl4FN. The van der Waals surface area contributed by atoms with Crippen LogP contribution in [0.25, 0.3) is 11.1 Å². The highest BCUT2D eigenvalue weighted by Crippen LogP contribution is 2.43. The summed E-state index contributed by atoms with van der Waals surface area (Å²) in [6, 6.07) is 6.29. The molecule has 0 heterocycles. The maximum atomic E-state index is 14.0. The first-order valence-electron chi connectivity index (χ1n) is 5.72. The molecule has 0 fully saturated rings. The molecule has 0 aliphatic rings. The molecule has 0 saturated carbocycles. The highest BCUT2D eigenvalue weighted by molar-refractivity contribution is 6.51. The first-order valence-corrected chi connectivity index (χ1v) is 7.23. The van der Waals surface area contributed by atoms with Gasteiger partial charge >= 0.3 is 0 Å². The monoisotopic (exact) mass is 351 g/mol. The minimum Gasteiger partial charge on any atom is -0.316 e. The highest BCUT2D eigenvalue weighted by Gasteiger charge is 2.16. The van der Waals surface area contributed by atoms with Gasteiger partial charge in [-0.25, -0.2) is 4.39 Å². The van der Waals surface area contributed by atoms with Crippen LogP contribution < -0.4 is 5.32 Å². The normalized spacial score (nSPS) is 10.9. The average Bonchev–Trinajstić information content (AvgIpc) is 2.39. The fraction of sp³-hybridized carbons (Fsp3) is 0.143. The first-order chi connectivity index (χ1) is 9.45. The van der Waals surface area contributed by atoms with E-state index in [9.17, 15) is 4.39 Å². The van der Waals surface area contributed by atoms with Crippen LogP contribution in [0.3, 0.4) is 0 Å². The van der Waals surface area contributed by atoms with Crippen LogP contribution in [0.2, 0.25) is 20.1 Å². The topological polar surface area (TPSA) is 12.0 Å².